The van der Waals surface area contributed by atoms with E-state index in [1.807, 2.05) is 36.4 Å². The fourth-order valence-electron chi connectivity index (χ4n) is 3.62. The first-order valence-electron chi connectivity index (χ1n) is 10.5. The Morgan fingerprint density at radius 2 is 1.41 bits per heavy atom. The van der Waals surface area contributed by atoms with Crippen LogP contribution in [-0.2, 0) is 20.7 Å². The summed E-state index contributed by atoms with van der Waals surface area (Å²) >= 11 is 0. The summed E-state index contributed by atoms with van der Waals surface area (Å²) in [5.74, 6) is 0. The van der Waals surface area contributed by atoms with Crippen LogP contribution >= 0.6 is 0 Å². The molecule has 0 unspecified atom stereocenters. The number of aryl methyl sites for hydroxylation is 1. The van der Waals surface area contributed by atoms with Crippen LogP contribution in [0.4, 0.5) is 0 Å². The molecule has 150 valence electrons. The van der Waals surface area contributed by atoms with Gasteiger partial charge in [-0.1, -0.05) is 94.7 Å². The Labute approximate surface area is 165 Å². The van der Waals surface area contributed by atoms with Crippen molar-refractivity contribution in [3.63, 3.8) is 0 Å². The molecule has 0 aliphatic heterocycles. The van der Waals surface area contributed by atoms with Crippen LogP contribution in [-0.4, -0.2) is 15.0 Å². The summed E-state index contributed by atoms with van der Waals surface area (Å²) in [4.78, 5) is 0.363. The summed E-state index contributed by atoms with van der Waals surface area (Å²) in [6, 6.07) is 11.6. The van der Waals surface area contributed by atoms with Gasteiger partial charge in [0.2, 0.25) is 0 Å². The summed E-state index contributed by atoms with van der Waals surface area (Å²) in [6.45, 7) is 4.11. The fraction of sp³-hybridized carbons (Fsp3) is 0.565. The molecule has 0 saturated heterocycles. The molecule has 0 atom stereocenters. The van der Waals surface area contributed by atoms with Gasteiger partial charge in [0.05, 0.1) is 6.61 Å². The van der Waals surface area contributed by atoms with Crippen LogP contribution in [0.5, 0.6) is 0 Å². The van der Waals surface area contributed by atoms with Gasteiger partial charge in [0.1, 0.15) is 4.90 Å². The quantitative estimate of drug-likeness (QED) is 0.284. The van der Waals surface area contributed by atoms with Crippen LogP contribution in [0.1, 0.15) is 77.2 Å². The molecule has 3 nitrogen and oxygen atoms in total. The van der Waals surface area contributed by atoms with Crippen LogP contribution in [0, 0.1) is 0 Å². The second-order valence-corrected chi connectivity index (χ2v) is 8.77. The Morgan fingerprint density at radius 1 is 0.778 bits per heavy atom. The standard InChI is InChI=1S/C23H34O3S/c1-3-5-6-7-8-9-10-11-12-16-21-19-18-20-15-13-14-17-22(20)23(21)27(24,25)26-4-2/h13-15,17-19H,3-12,16H2,1-2H3. The number of hydrogen-bond acceptors (Lipinski definition) is 3. The maximum atomic E-state index is 12.7. The molecular formula is C23H34O3S. The van der Waals surface area contributed by atoms with E-state index in [1.54, 1.807) is 6.92 Å². The summed E-state index contributed by atoms with van der Waals surface area (Å²) in [5, 5.41) is 1.70. The molecule has 27 heavy (non-hydrogen) atoms. The zero-order valence-corrected chi connectivity index (χ0v) is 17.7. The van der Waals surface area contributed by atoms with Gasteiger partial charge < -0.3 is 0 Å². The SMILES string of the molecule is CCCCCCCCCCCc1ccc2ccccc2c1S(=O)(=O)OCC. The van der Waals surface area contributed by atoms with Gasteiger partial charge in [-0.05, 0) is 30.7 Å². The molecule has 0 aliphatic rings. The third kappa shape index (κ3) is 6.62. The van der Waals surface area contributed by atoms with Crippen molar-refractivity contribution in [1.82, 2.24) is 0 Å². The number of rotatable bonds is 13. The highest BCUT2D eigenvalue weighted by Gasteiger charge is 2.22. The molecule has 4 heteroatoms. The summed E-state index contributed by atoms with van der Waals surface area (Å²) in [7, 11) is -3.73. The fourth-order valence-corrected chi connectivity index (χ4v) is 5.00. The Kier molecular flexibility index (Phi) is 9.29. The summed E-state index contributed by atoms with van der Waals surface area (Å²) < 4.78 is 30.5. The number of hydrogen-bond donors (Lipinski definition) is 0. The Balaban J connectivity index is 1.99. The molecular weight excluding hydrogens is 356 g/mol. The summed E-state index contributed by atoms with van der Waals surface area (Å²) in [6.07, 6.45) is 12.1. The van der Waals surface area contributed by atoms with Crippen molar-refractivity contribution in [2.24, 2.45) is 0 Å². The van der Waals surface area contributed by atoms with E-state index in [2.05, 4.69) is 6.92 Å². The molecule has 0 heterocycles. The molecule has 0 aliphatic carbocycles. The Hall–Kier alpha value is -1.39. The van der Waals surface area contributed by atoms with Gasteiger partial charge in [-0.25, -0.2) is 0 Å². The second kappa shape index (κ2) is 11.5. The van der Waals surface area contributed by atoms with Gasteiger partial charge in [-0.2, -0.15) is 8.42 Å². The lowest BCUT2D eigenvalue weighted by Gasteiger charge is -2.13. The molecule has 2 aromatic carbocycles. The van der Waals surface area contributed by atoms with E-state index in [1.165, 1.54) is 44.9 Å². The highest BCUT2D eigenvalue weighted by molar-refractivity contribution is 7.87. The topological polar surface area (TPSA) is 43.4 Å². The van der Waals surface area contributed by atoms with E-state index in [-0.39, 0.29) is 6.61 Å². The first kappa shape index (κ1) is 21.9. The van der Waals surface area contributed by atoms with Gasteiger partial charge in [0, 0.05) is 5.39 Å². The van der Waals surface area contributed by atoms with Crippen molar-refractivity contribution in [2.75, 3.05) is 6.61 Å². The number of benzene rings is 2. The average molecular weight is 391 g/mol. The van der Waals surface area contributed by atoms with E-state index in [9.17, 15) is 8.42 Å². The smallest absolute Gasteiger partial charge is 0.267 e. The minimum absolute atomic E-state index is 0.156. The van der Waals surface area contributed by atoms with Gasteiger partial charge in [0.15, 0.2) is 0 Å². The van der Waals surface area contributed by atoms with Crippen LogP contribution in [0.15, 0.2) is 41.3 Å². The van der Waals surface area contributed by atoms with Gasteiger partial charge >= 0.3 is 0 Å². The molecule has 0 bridgehead atoms. The zero-order chi connectivity index (χ0) is 19.5. The van der Waals surface area contributed by atoms with Gasteiger partial charge in [-0.15, -0.1) is 0 Å². The Morgan fingerprint density at radius 3 is 2.07 bits per heavy atom. The molecule has 0 aromatic heterocycles. The number of fused-ring (bicyclic) bond motifs is 1. The van der Waals surface area contributed by atoms with Crippen molar-refractivity contribution in [3.05, 3.63) is 42.0 Å². The summed E-state index contributed by atoms with van der Waals surface area (Å²) in [5.41, 5.74) is 0.880. The normalized spacial score (nSPS) is 11.9. The van der Waals surface area contributed by atoms with Gasteiger partial charge in [0.25, 0.3) is 10.1 Å². The molecule has 2 aromatic rings. The van der Waals surface area contributed by atoms with Crippen LogP contribution in [0.3, 0.4) is 0 Å². The van der Waals surface area contributed by atoms with E-state index >= 15 is 0 Å². The predicted octanol–water partition coefficient (Wildman–Crippen LogP) is 6.64. The molecule has 0 radical (unpaired) electrons. The van der Waals surface area contributed by atoms with E-state index < -0.39 is 10.1 Å². The minimum Gasteiger partial charge on any atom is -0.267 e. The highest BCUT2D eigenvalue weighted by Crippen LogP contribution is 2.29. The van der Waals surface area contributed by atoms with Crippen molar-refractivity contribution in [1.29, 1.82) is 0 Å². The minimum atomic E-state index is -3.73. The molecule has 0 N–H and O–H groups in total. The Bertz CT molecular complexity index is 796. The number of unbranched alkanes of at least 4 members (excludes halogenated alkanes) is 8. The van der Waals surface area contributed by atoms with E-state index in [4.69, 9.17) is 4.18 Å². The first-order valence-corrected chi connectivity index (χ1v) is 11.9. The highest BCUT2D eigenvalue weighted by atomic mass is 32.2. The van der Waals surface area contributed by atoms with Crippen molar-refractivity contribution < 1.29 is 12.6 Å². The largest absolute Gasteiger partial charge is 0.297 e. The molecule has 0 fully saturated rings. The lowest BCUT2D eigenvalue weighted by Crippen LogP contribution is -2.10. The molecule has 0 saturated carbocycles. The van der Waals surface area contributed by atoms with Crippen molar-refractivity contribution >= 4 is 20.9 Å². The molecule has 2 rings (SSSR count). The predicted molar refractivity (Wildman–Crippen MR) is 114 cm³/mol. The lowest BCUT2D eigenvalue weighted by molar-refractivity contribution is 0.338. The third-order valence-electron chi connectivity index (χ3n) is 5.03. The van der Waals surface area contributed by atoms with Crippen LogP contribution in [0.2, 0.25) is 0 Å². The van der Waals surface area contributed by atoms with Gasteiger partial charge in [-0.3, -0.25) is 4.18 Å². The third-order valence-corrected chi connectivity index (χ3v) is 6.56. The van der Waals surface area contributed by atoms with Crippen LogP contribution in [0.25, 0.3) is 10.8 Å². The second-order valence-electron chi connectivity index (χ2n) is 7.21. The zero-order valence-electron chi connectivity index (χ0n) is 16.9. The van der Waals surface area contributed by atoms with E-state index in [0.717, 1.165) is 35.6 Å². The van der Waals surface area contributed by atoms with Crippen molar-refractivity contribution in [2.45, 2.75) is 83.0 Å². The van der Waals surface area contributed by atoms with Crippen molar-refractivity contribution in [3.8, 4) is 0 Å². The lowest BCUT2D eigenvalue weighted by atomic mass is 10.0. The average Bonchev–Trinajstić information content (AvgIpc) is 2.66. The monoisotopic (exact) mass is 390 g/mol. The maximum Gasteiger partial charge on any atom is 0.297 e. The molecule has 0 amide bonds. The van der Waals surface area contributed by atoms with Crippen LogP contribution < -0.4 is 0 Å². The maximum absolute atomic E-state index is 12.7. The first-order chi connectivity index (χ1) is 13.1. The molecule has 0 spiro atoms. The van der Waals surface area contributed by atoms with E-state index in [0.29, 0.717) is 4.90 Å².